The number of hydrogen-bond donors (Lipinski definition) is 3. The Bertz CT molecular complexity index is 1070. The number of fused-ring (bicyclic) bond motifs is 1. The first-order valence-electron chi connectivity index (χ1n) is 10.1. The lowest BCUT2D eigenvalue weighted by Gasteiger charge is -2.30. The first-order valence-corrected chi connectivity index (χ1v) is 10.1. The Labute approximate surface area is 177 Å². The normalized spacial score (nSPS) is 19.2. The molecule has 0 atom stereocenters. The third kappa shape index (κ3) is 4.73. The highest BCUT2D eigenvalue weighted by Crippen LogP contribution is 2.30. The first kappa shape index (κ1) is 21.0. The second kappa shape index (κ2) is 8.44. The highest BCUT2D eigenvalue weighted by molar-refractivity contribution is 5.94. The van der Waals surface area contributed by atoms with Crippen molar-refractivity contribution in [1.82, 2.24) is 19.7 Å². The van der Waals surface area contributed by atoms with Crippen molar-refractivity contribution < 1.29 is 18.0 Å². The number of anilines is 2. The quantitative estimate of drug-likeness (QED) is 0.569. The van der Waals surface area contributed by atoms with Gasteiger partial charge in [0.2, 0.25) is 0 Å². The van der Waals surface area contributed by atoms with Gasteiger partial charge in [-0.1, -0.05) is 6.07 Å². The van der Waals surface area contributed by atoms with Crippen LogP contribution in [0.15, 0.2) is 42.9 Å². The molecule has 0 saturated heterocycles. The molecule has 0 spiro atoms. The Balaban J connectivity index is 1.36. The Kier molecular flexibility index (Phi) is 5.71. The molecule has 1 aliphatic carbocycles. The number of nitrogens with one attached hydrogen (secondary N) is 3. The van der Waals surface area contributed by atoms with E-state index >= 15 is 0 Å². The number of pyridine rings is 2. The lowest BCUT2D eigenvalue weighted by Crippen LogP contribution is -2.40. The summed E-state index contributed by atoms with van der Waals surface area (Å²) in [5.74, 6) is 0.409. The highest BCUT2D eigenvalue weighted by Gasteiger charge is 2.34. The lowest BCUT2D eigenvalue weighted by molar-refractivity contribution is -0.140. The predicted molar refractivity (Wildman–Crippen MR) is 111 cm³/mol. The molecule has 0 aromatic carbocycles. The molecule has 1 saturated carbocycles. The van der Waals surface area contributed by atoms with Crippen LogP contribution in [0.2, 0.25) is 0 Å². The zero-order chi connectivity index (χ0) is 22.0. The number of nitrogens with zero attached hydrogens (tertiary/aromatic N) is 3. The van der Waals surface area contributed by atoms with Crippen LogP contribution in [0.5, 0.6) is 0 Å². The fourth-order valence-electron chi connectivity index (χ4n) is 3.83. The lowest BCUT2D eigenvalue weighted by atomic mass is 9.91. The van der Waals surface area contributed by atoms with Crippen molar-refractivity contribution in [3.05, 3.63) is 54.1 Å². The molecule has 31 heavy (non-hydrogen) atoms. The van der Waals surface area contributed by atoms with Crippen LogP contribution in [-0.2, 0) is 6.18 Å². The van der Waals surface area contributed by atoms with Crippen LogP contribution in [0.4, 0.5) is 24.7 Å². The molecule has 1 aliphatic rings. The number of amides is 1. The first-order chi connectivity index (χ1) is 14.8. The minimum atomic E-state index is -4.48. The summed E-state index contributed by atoms with van der Waals surface area (Å²) in [6, 6.07) is 6.87. The van der Waals surface area contributed by atoms with Gasteiger partial charge < -0.3 is 16.0 Å². The number of halogens is 3. The van der Waals surface area contributed by atoms with E-state index in [-0.39, 0.29) is 23.6 Å². The third-order valence-corrected chi connectivity index (χ3v) is 5.49. The van der Waals surface area contributed by atoms with Crippen molar-refractivity contribution in [2.45, 2.75) is 43.9 Å². The molecule has 3 N–H and O–H groups in total. The zero-order valence-corrected chi connectivity index (χ0v) is 16.9. The maximum Gasteiger partial charge on any atom is 0.434 e. The van der Waals surface area contributed by atoms with Gasteiger partial charge in [0.25, 0.3) is 5.91 Å². The van der Waals surface area contributed by atoms with E-state index in [2.05, 4.69) is 25.9 Å². The Hall–Kier alpha value is -3.30. The molecular weight excluding hydrogens is 409 g/mol. The summed E-state index contributed by atoms with van der Waals surface area (Å²) in [5, 5.41) is 9.34. The SMILES string of the molecule is CNc1cncc(C(=O)N[C@H]2CC[C@@H](Nc3cccc4nc(C(F)(F)F)cn34)CC2)c1. The molecular formula is C21H23F3N6O. The molecule has 0 radical (unpaired) electrons. The third-order valence-electron chi connectivity index (χ3n) is 5.49. The average molecular weight is 432 g/mol. The largest absolute Gasteiger partial charge is 0.434 e. The van der Waals surface area contributed by atoms with E-state index in [1.54, 1.807) is 37.5 Å². The highest BCUT2D eigenvalue weighted by atomic mass is 19.4. The average Bonchev–Trinajstić information content (AvgIpc) is 3.21. The molecule has 1 fully saturated rings. The van der Waals surface area contributed by atoms with Crippen LogP contribution >= 0.6 is 0 Å². The van der Waals surface area contributed by atoms with Gasteiger partial charge in [-0.05, 0) is 43.9 Å². The van der Waals surface area contributed by atoms with E-state index in [0.29, 0.717) is 11.4 Å². The number of carbonyl (C=O) groups is 1. The van der Waals surface area contributed by atoms with E-state index in [1.165, 1.54) is 10.6 Å². The van der Waals surface area contributed by atoms with Gasteiger partial charge in [0.15, 0.2) is 5.69 Å². The molecule has 1 amide bonds. The number of imidazole rings is 1. The number of aromatic nitrogens is 3. The van der Waals surface area contributed by atoms with E-state index in [9.17, 15) is 18.0 Å². The molecule has 0 bridgehead atoms. The summed E-state index contributed by atoms with van der Waals surface area (Å²) in [6.45, 7) is 0. The number of hydrogen-bond acceptors (Lipinski definition) is 5. The second-order valence-electron chi connectivity index (χ2n) is 7.64. The summed E-state index contributed by atoms with van der Waals surface area (Å²) in [6.07, 6.45) is 2.83. The maximum absolute atomic E-state index is 13.0. The summed E-state index contributed by atoms with van der Waals surface area (Å²) in [4.78, 5) is 20.2. The van der Waals surface area contributed by atoms with E-state index < -0.39 is 11.9 Å². The van der Waals surface area contributed by atoms with E-state index in [0.717, 1.165) is 37.6 Å². The number of carbonyl (C=O) groups excluding carboxylic acids is 1. The van der Waals surface area contributed by atoms with Crippen molar-refractivity contribution >= 4 is 23.1 Å². The Morgan fingerprint density at radius 3 is 2.58 bits per heavy atom. The van der Waals surface area contributed by atoms with Crippen LogP contribution < -0.4 is 16.0 Å². The number of alkyl halides is 3. The standard InChI is InChI=1S/C21H23F3N6O/c1-25-16-9-13(10-26-11-16)20(31)28-15-7-5-14(6-8-15)27-18-3-2-4-19-29-17(12-30(18)19)21(22,23)24/h2-4,9-12,14-15,25,27H,5-8H2,1H3,(H,28,31)/t14-,15+. The van der Waals surface area contributed by atoms with Crippen molar-refractivity contribution in [3.63, 3.8) is 0 Å². The smallest absolute Gasteiger partial charge is 0.387 e. The molecule has 0 unspecified atom stereocenters. The fourth-order valence-corrected chi connectivity index (χ4v) is 3.83. The summed E-state index contributed by atoms with van der Waals surface area (Å²) in [5.41, 5.74) is 0.600. The molecule has 3 heterocycles. The summed E-state index contributed by atoms with van der Waals surface area (Å²) in [7, 11) is 1.77. The van der Waals surface area contributed by atoms with Crippen LogP contribution in [0.1, 0.15) is 41.7 Å². The molecule has 0 aliphatic heterocycles. The zero-order valence-electron chi connectivity index (χ0n) is 16.9. The van der Waals surface area contributed by atoms with Crippen LogP contribution in [0.3, 0.4) is 0 Å². The minimum Gasteiger partial charge on any atom is -0.387 e. The van der Waals surface area contributed by atoms with Crippen molar-refractivity contribution in [1.29, 1.82) is 0 Å². The Morgan fingerprint density at radius 2 is 1.87 bits per heavy atom. The molecule has 10 heteroatoms. The van der Waals surface area contributed by atoms with E-state index in [1.807, 2.05) is 0 Å². The van der Waals surface area contributed by atoms with Gasteiger partial charge in [0.05, 0.1) is 11.3 Å². The van der Waals surface area contributed by atoms with Crippen molar-refractivity contribution in [2.24, 2.45) is 0 Å². The van der Waals surface area contributed by atoms with Crippen LogP contribution in [-0.4, -0.2) is 39.4 Å². The van der Waals surface area contributed by atoms with Gasteiger partial charge in [0.1, 0.15) is 11.5 Å². The van der Waals surface area contributed by atoms with Gasteiger partial charge in [-0.3, -0.25) is 14.2 Å². The fraction of sp³-hybridized carbons (Fsp3) is 0.381. The number of rotatable bonds is 5. The van der Waals surface area contributed by atoms with Crippen molar-refractivity contribution in [2.75, 3.05) is 17.7 Å². The second-order valence-corrected chi connectivity index (χ2v) is 7.64. The molecule has 4 rings (SSSR count). The van der Waals surface area contributed by atoms with Crippen molar-refractivity contribution in [3.8, 4) is 0 Å². The molecule has 164 valence electrons. The summed E-state index contributed by atoms with van der Waals surface area (Å²) < 4.78 is 40.4. The van der Waals surface area contributed by atoms with Crippen LogP contribution in [0, 0.1) is 0 Å². The molecule has 3 aromatic heterocycles. The van der Waals surface area contributed by atoms with Gasteiger partial charge in [-0.15, -0.1) is 0 Å². The van der Waals surface area contributed by atoms with Crippen LogP contribution in [0.25, 0.3) is 5.65 Å². The van der Waals surface area contributed by atoms with E-state index in [4.69, 9.17) is 0 Å². The molecule has 3 aromatic rings. The maximum atomic E-state index is 13.0. The van der Waals surface area contributed by atoms with Gasteiger partial charge in [-0.25, -0.2) is 4.98 Å². The Morgan fingerprint density at radius 1 is 1.13 bits per heavy atom. The summed E-state index contributed by atoms with van der Waals surface area (Å²) >= 11 is 0. The van der Waals surface area contributed by atoms with Gasteiger partial charge in [-0.2, -0.15) is 13.2 Å². The minimum absolute atomic E-state index is 0.0460. The topological polar surface area (TPSA) is 83.3 Å². The van der Waals surface area contributed by atoms with Gasteiger partial charge >= 0.3 is 6.18 Å². The monoisotopic (exact) mass is 432 g/mol. The van der Waals surface area contributed by atoms with Gasteiger partial charge in [0, 0.05) is 37.7 Å². The molecule has 7 nitrogen and oxygen atoms in total. The predicted octanol–water partition coefficient (Wildman–Crippen LogP) is 3.94.